The minimum atomic E-state index is -0.528. The van der Waals surface area contributed by atoms with Gasteiger partial charge in [-0.2, -0.15) is 4.57 Å². The van der Waals surface area contributed by atoms with Gasteiger partial charge in [0, 0.05) is 11.1 Å². The summed E-state index contributed by atoms with van der Waals surface area (Å²) in [5.41, 5.74) is 2.40. The lowest BCUT2D eigenvalue weighted by molar-refractivity contribution is -0.581. The molecule has 0 aromatic carbocycles. The van der Waals surface area contributed by atoms with Crippen LogP contribution in [0.3, 0.4) is 0 Å². The van der Waals surface area contributed by atoms with Crippen LogP contribution < -0.4 is 9.67 Å². The Morgan fingerprint density at radius 1 is 1.32 bits per heavy atom. The molecule has 4 nitrogen and oxygen atoms in total. The second-order valence-electron chi connectivity index (χ2n) is 4.77. The van der Waals surface area contributed by atoms with E-state index in [0.29, 0.717) is 9.89 Å². The lowest BCUT2D eigenvalue weighted by atomic mass is 10.2. The minimum Gasteiger partial charge on any atom is -0.871 e. The number of nitrogens with zero attached hydrogens (tertiary/aromatic N) is 1. The number of rotatable bonds is 6. The van der Waals surface area contributed by atoms with E-state index in [-0.39, 0.29) is 18.8 Å². The molecule has 1 rings (SSSR count). The maximum atomic E-state index is 12.5. The van der Waals surface area contributed by atoms with E-state index < -0.39 is 5.97 Å². The van der Waals surface area contributed by atoms with Crippen molar-refractivity contribution in [2.75, 3.05) is 12.4 Å². The highest BCUT2D eigenvalue weighted by molar-refractivity contribution is 8.24. The monoisotopic (exact) mass is 339 g/mol. The Bertz CT molecular complexity index is 577. The average Bonchev–Trinajstić information content (AvgIpc) is 2.37. The predicted molar refractivity (Wildman–Crippen MR) is 91.3 cm³/mol. The van der Waals surface area contributed by atoms with E-state index in [1.807, 2.05) is 39.2 Å². The molecule has 1 aromatic heterocycles. The Kier molecular flexibility index (Phi) is 7.55. The maximum absolute atomic E-state index is 12.5. The molecular formula is C16H21NO3S2. The van der Waals surface area contributed by atoms with Gasteiger partial charge in [-0.3, -0.25) is 4.79 Å². The first-order valence-corrected chi connectivity index (χ1v) is 8.51. The third-order valence-electron chi connectivity index (χ3n) is 2.74. The van der Waals surface area contributed by atoms with Crippen LogP contribution in [0, 0.1) is 13.8 Å². The minimum absolute atomic E-state index is 0.256. The number of aryl methyl sites for hydroxylation is 2. The summed E-state index contributed by atoms with van der Waals surface area (Å²) in [5, 5.41) is 12.5. The van der Waals surface area contributed by atoms with Crippen molar-refractivity contribution in [3.63, 3.8) is 0 Å². The van der Waals surface area contributed by atoms with Gasteiger partial charge >= 0.3 is 5.97 Å². The van der Waals surface area contributed by atoms with Gasteiger partial charge < -0.3 is 9.84 Å². The number of aromatic nitrogens is 1. The summed E-state index contributed by atoms with van der Waals surface area (Å²) < 4.78 is 7.07. The summed E-state index contributed by atoms with van der Waals surface area (Å²) >= 11 is 6.78. The van der Waals surface area contributed by atoms with Crippen molar-refractivity contribution in [1.29, 1.82) is 0 Å². The van der Waals surface area contributed by atoms with Gasteiger partial charge in [-0.25, -0.2) is 0 Å². The molecule has 0 saturated carbocycles. The molecule has 6 heteroatoms. The number of esters is 1. The highest BCUT2D eigenvalue weighted by atomic mass is 32.2. The summed E-state index contributed by atoms with van der Waals surface area (Å²) in [6.45, 7) is 7.84. The summed E-state index contributed by atoms with van der Waals surface area (Å²) in [4.78, 5) is 11.6. The van der Waals surface area contributed by atoms with E-state index in [1.165, 1.54) is 11.8 Å². The molecule has 0 fully saturated rings. The molecule has 0 N–H and O–H groups in total. The van der Waals surface area contributed by atoms with Crippen LogP contribution in [0.15, 0.2) is 24.2 Å². The fraction of sp³-hybridized carbons (Fsp3) is 0.438. The van der Waals surface area contributed by atoms with Crippen LogP contribution in [0.4, 0.5) is 0 Å². The van der Waals surface area contributed by atoms with Crippen LogP contribution in [-0.2, 0) is 9.53 Å². The van der Waals surface area contributed by atoms with Gasteiger partial charge in [0.1, 0.15) is 4.20 Å². The Morgan fingerprint density at radius 2 is 1.91 bits per heavy atom. The third kappa shape index (κ3) is 5.42. The van der Waals surface area contributed by atoms with Gasteiger partial charge in [0.15, 0.2) is 12.4 Å². The van der Waals surface area contributed by atoms with Gasteiger partial charge in [-0.05, 0) is 38.3 Å². The fourth-order valence-electron chi connectivity index (χ4n) is 2.03. The van der Waals surface area contributed by atoms with Crippen LogP contribution >= 0.6 is 24.0 Å². The van der Waals surface area contributed by atoms with Crippen molar-refractivity contribution < 1.29 is 19.2 Å². The fourth-order valence-corrected chi connectivity index (χ4v) is 3.22. The molecule has 0 amide bonds. The van der Waals surface area contributed by atoms with Gasteiger partial charge in [0.2, 0.25) is 5.70 Å². The zero-order valence-corrected chi connectivity index (χ0v) is 15.0. The first-order chi connectivity index (χ1) is 10.4. The molecule has 0 atom stereocenters. The number of thiocarbonyl (C=S) groups is 1. The zero-order valence-electron chi connectivity index (χ0n) is 13.3. The van der Waals surface area contributed by atoms with Crippen LogP contribution in [0.2, 0.25) is 0 Å². The normalized spacial score (nSPS) is 11.8. The van der Waals surface area contributed by atoms with E-state index >= 15 is 0 Å². The highest BCUT2D eigenvalue weighted by Gasteiger charge is 2.20. The van der Waals surface area contributed by atoms with E-state index in [9.17, 15) is 9.90 Å². The van der Waals surface area contributed by atoms with Gasteiger partial charge in [0.05, 0.1) is 13.0 Å². The molecule has 22 heavy (non-hydrogen) atoms. The maximum Gasteiger partial charge on any atom is 0.309 e. The molecule has 0 bridgehead atoms. The molecule has 0 unspecified atom stereocenters. The number of carbonyl (C=O) groups excluding carboxylic acids is 1. The van der Waals surface area contributed by atoms with Crippen molar-refractivity contribution >= 4 is 39.8 Å². The van der Waals surface area contributed by atoms with Gasteiger partial charge in [0.25, 0.3) is 0 Å². The topological polar surface area (TPSA) is 53.2 Å². The molecule has 0 spiro atoms. The number of hydrogen-bond acceptors (Lipinski definition) is 5. The first-order valence-electron chi connectivity index (χ1n) is 7.11. The molecular weight excluding hydrogens is 318 g/mol. The van der Waals surface area contributed by atoms with Crippen molar-refractivity contribution in [3.8, 4) is 0 Å². The molecule has 120 valence electrons. The van der Waals surface area contributed by atoms with Crippen LogP contribution in [0.1, 0.15) is 31.4 Å². The van der Waals surface area contributed by atoms with Gasteiger partial charge in [-0.15, -0.1) is 11.8 Å². The standard InChI is InChI=1S/C16H21NO3S2/c1-5-20-14(19)8-13(18)15(16(21)22-6-2)17-9-11(3)7-12(4)10-17/h7,9-10H,5-6,8H2,1-4H3. The molecule has 0 radical (unpaired) electrons. The van der Waals surface area contributed by atoms with E-state index in [1.54, 1.807) is 11.5 Å². The largest absolute Gasteiger partial charge is 0.871 e. The van der Waals surface area contributed by atoms with Crippen LogP contribution in [-0.4, -0.2) is 22.5 Å². The second-order valence-corrected chi connectivity index (χ2v) is 6.71. The van der Waals surface area contributed by atoms with Crippen molar-refractivity contribution in [1.82, 2.24) is 0 Å². The Labute approximate surface area is 141 Å². The number of carbonyl (C=O) groups is 1. The number of hydrogen-bond donors (Lipinski definition) is 0. The molecule has 0 saturated heterocycles. The zero-order chi connectivity index (χ0) is 16.7. The Balaban J connectivity index is 3.28. The molecule has 1 aromatic rings. The molecule has 1 heterocycles. The van der Waals surface area contributed by atoms with Gasteiger partial charge in [-0.1, -0.05) is 19.1 Å². The summed E-state index contributed by atoms with van der Waals surface area (Å²) in [6.07, 6.45) is 3.38. The Morgan fingerprint density at radius 3 is 2.41 bits per heavy atom. The summed E-state index contributed by atoms with van der Waals surface area (Å²) in [5.74, 6) is -0.0842. The smallest absolute Gasteiger partial charge is 0.309 e. The summed E-state index contributed by atoms with van der Waals surface area (Å²) in [7, 11) is 0. The van der Waals surface area contributed by atoms with Crippen molar-refractivity contribution in [3.05, 3.63) is 35.3 Å². The Hall–Kier alpha value is -1.40. The third-order valence-corrected chi connectivity index (χ3v) is 4.03. The SMILES string of the molecule is CCOC(=O)C/C([O-])=C(/C(=S)SCC)[n+]1cc(C)cc(C)c1. The van der Waals surface area contributed by atoms with E-state index in [4.69, 9.17) is 17.0 Å². The quantitative estimate of drug-likeness (QED) is 0.261. The molecule has 0 aliphatic rings. The lowest BCUT2D eigenvalue weighted by Gasteiger charge is -2.15. The first kappa shape index (κ1) is 18.6. The predicted octanol–water partition coefficient (Wildman–Crippen LogP) is 2.15. The number of thioether (sulfide) groups is 1. The van der Waals surface area contributed by atoms with Crippen molar-refractivity contribution in [2.45, 2.75) is 34.1 Å². The highest BCUT2D eigenvalue weighted by Crippen LogP contribution is 2.17. The number of pyridine rings is 1. The lowest BCUT2D eigenvalue weighted by Crippen LogP contribution is -2.39. The van der Waals surface area contributed by atoms with Crippen LogP contribution in [0.25, 0.3) is 5.70 Å². The molecule has 0 aliphatic carbocycles. The van der Waals surface area contributed by atoms with Crippen LogP contribution in [0.5, 0.6) is 0 Å². The second kappa shape index (κ2) is 8.90. The summed E-state index contributed by atoms with van der Waals surface area (Å²) in [6, 6.07) is 2.01. The van der Waals surface area contributed by atoms with E-state index in [2.05, 4.69) is 0 Å². The average molecular weight is 339 g/mol. The van der Waals surface area contributed by atoms with E-state index in [0.717, 1.165) is 16.9 Å². The molecule has 0 aliphatic heterocycles. The number of ether oxygens (including phenoxy) is 1. The van der Waals surface area contributed by atoms with Crippen molar-refractivity contribution in [2.24, 2.45) is 0 Å².